The SMILES string of the molecule is COC(=O)[C@H](Cc1ccc(OC2CCCCO2)cn1)NC(=O)OC(C)(C)C. The van der Waals surface area contributed by atoms with Crippen LogP contribution in [-0.4, -0.2) is 48.7 Å². The largest absolute Gasteiger partial charge is 0.467 e. The topological polar surface area (TPSA) is 96.0 Å². The van der Waals surface area contributed by atoms with Crippen molar-refractivity contribution in [3.63, 3.8) is 0 Å². The average Bonchev–Trinajstić information content (AvgIpc) is 2.61. The minimum absolute atomic E-state index is 0.173. The van der Waals surface area contributed by atoms with Gasteiger partial charge in [0.25, 0.3) is 0 Å². The molecule has 0 saturated carbocycles. The van der Waals surface area contributed by atoms with Gasteiger partial charge in [-0.25, -0.2) is 9.59 Å². The highest BCUT2D eigenvalue weighted by atomic mass is 16.7. The number of carbonyl (C=O) groups is 2. The van der Waals surface area contributed by atoms with Gasteiger partial charge in [-0.05, 0) is 45.7 Å². The van der Waals surface area contributed by atoms with Crippen molar-refractivity contribution < 1.29 is 28.5 Å². The van der Waals surface area contributed by atoms with E-state index in [1.165, 1.54) is 7.11 Å². The van der Waals surface area contributed by atoms with E-state index >= 15 is 0 Å². The van der Waals surface area contributed by atoms with Crippen molar-refractivity contribution in [2.45, 2.75) is 64.4 Å². The van der Waals surface area contributed by atoms with Crippen LogP contribution in [0, 0.1) is 0 Å². The first-order chi connectivity index (χ1) is 12.8. The third kappa shape index (κ3) is 7.42. The van der Waals surface area contributed by atoms with Crippen LogP contribution in [0.1, 0.15) is 45.7 Å². The number of hydrogen-bond acceptors (Lipinski definition) is 7. The molecule has 1 aromatic rings. The lowest BCUT2D eigenvalue weighted by atomic mass is 10.1. The Morgan fingerprint density at radius 2 is 2.11 bits per heavy atom. The Kier molecular flexibility index (Phi) is 7.41. The molecule has 1 fully saturated rings. The Morgan fingerprint density at radius 1 is 1.33 bits per heavy atom. The van der Waals surface area contributed by atoms with Gasteiger partial charge < -0.3 is 24.3 Å². The van der Waals surface area contributed by atoms with Crippen molar-refractivity contribution in [3.8, 4) is 5.75 Å². The summed E-state index contributed by atoms with van der Waals surface area (Å²) in [4.78, 5) is 28.2. The molecule has 1 aliphatic rings. The third-order valence-electron chi connectivity index (χ3n) is 3.79. The number of aromatic nitrogens is 1. The van der Waals surface area contributed by atoms with Gasteiger partial charge >= 0.3 is 12.1 Å². The minimum Gasteiger partial charge on any atom is -0.467 e. The Morgan fingerprint density at radius 3 is 2.67 bits per heavy atom. The second kappa shape index (κ2) is 9.55. The van der Waals surface area contributed by atoms with E-state index < -0.39 is 23.7 Å². The van der Waals surface area contributed by atoms with Crippen LogP contribution in [0.5, 0.6) is 5.75 Å². The Balaban J connectivity index is 1.95. The van der Waals surface area contributed by atoms with Crippen LogP contribution in [-0.2, 0) is 25.4 Å². The molecule has 2 rings (SSSR count). The quantitative estimate of drug-likeness (QED) is 0.758. The molecule has 2 heterocycles. The molecular weight excluding hydrogens is 352 g/mol. The summed E-state index contributed by atoms with van der Waals surface area (Å²) in [6.45, 7) is 5.94. The number of methoxy groups -OCH3 is 1. The summed E-state index contributed by atoms with van der Waals surface area (Å²) in [5, 5.41) is 2.53. The van der Waals surface area contributed by atoms with Gasteiger partial charge in [0.15, 0.2) is 6.29 Å². The summed E-state index contributed by atoms with van der Waals surface area (Å²) in [5.41, 5.74) is -0.0539. The van der Waals surface area contributed by atoms with E-state index in [4.69, 9.17) is 18.9 Å². The lowest BCUT2D eigenvalue weighted by Crippen LogP contribution is -2.45. The second-order valence-electron chi connectivity index (χ2n) is 7.33. The Labute approximate surface area is 159 Å². The second-order valence-corrected chi connectivity index (χ2v) is 7.33. The fourth-order valence-corrected chi connectivity index (χ4v) is 2.55. The third-order valence-corrected chi connectivity index (χ3v) is 3.79. The molecule has 1 saturated heterocycles. The van der Waals surface area contributed by atoms with E-state index in [0.29, 0.717) is 18.1 Å². The predicted octanol–water partition coefficient (Wildman–Crippen LogP) is 2.60. The van der Waals surface area contributed by atoms with Gasteiger partial charge in [-0.2, -0.15) is 0 Å². The van der Waals surface area contributed by atoms with E-state index in [-0.39, 0.29) is 12.7 Å². The van der Waals surface area contributed by atoms with Gasteiger partial charge in [-0.15, -0.1) is 0 Å². The highest BCUT2D eigenvalue weighted by Gasteiger charge is 2.26. The molecule has 0 radical (unpaired) electrons. The van der Waals surface area contributed by atoms with E-state index in [0.717, 1.165) is 19.3 Å². The zero-order valence-electron chi connectivity index (χ0n) is 16.3. The van der Waals surface area contributed by atoms with Crippen molar-refractivity contribution in [2.24, 2.45) is 0 Å². The molecule has 1 aromatic heterocycles. The normalized spacial score (nSPS) is 18.3. The Hall–Kier alpha value is -2.35. The predicted molar refractivity (Wildman–Crippen MR) is 97.3 cm³/mol. The van der Waals surface area contributed by atoms with Crippen molar-refractivity contribution in [1.82, 2.24) is 10.3 Å². The first-order valence-electron chi connectivity index (χ1n) is 9.07. The number of nitrogens with one attached hydrogen (secondary N) is 1. The molecule has 2 atom stereocenters. The smallest absolute Gasteiger partial charge is 0.408 e. The molecule has 150 valence electrons. The molecule has 27 heavy (non-hydrogen) atoms. The molecule has 0 spiro atoms. The average molecular weight is 380 g/mol. The van der Waals surface area contributed by atoms with Gasteiger partial charge in [-0.3, -0.25) is 4.98 Å². The number of nitrogens with zero attached hydrogens (tertiary/aromatic N) is 1. The number of rotatable bonds is 6. The molecule has 0 aromatic carbocycles. The summed E-state index contributed by atoms with van der Waals surface area (Å²) < 4.78 is 21.2. The zero-order chi connectivity index (χ0) is 19.9. The number of pyridine rings is 1. The molecule has 1 unspecified atom stereocenters. The van der Waals surface area contributed by atoms with Crippen LogP contribution in [0.3, 0.4) is 0 Å². The van der Waals surface area contributed by atoms with Gasteiger partial charge in [0.2, 0.25) is 0 Å². The Bertz CT molecular complexity index is 620. The summed E-state index contributed by atoms with van der Waals surface area (Å²) in [5.74, 6) is 0.0268. The van der Waals surface area contributed by atoms with Gasteiger partial charge in [0.05, 0.1) is 19.9 Å². The highest BCUT2D eigenvalue weighted by Crippen LogP contribution is 2.19. The van der Waals surface area contributed by atoms with Gasteiger partial charge in [-0.1, -0.05) is 0 Å². The molecule has 1 aliphatic heterocycles. The van der Waals surface area contributed by atoms with E-state index in [1.807, 2.05) is 0 Å². The fraction of sp³-hybridized carbons (Fsp3) is 0.632. The number of hydrogen-bond donors (Lipinski definition) is 1. The van der Waals surface area contributed by atoms with Gasteiger partial charge in [0, 0.05) is 18.5 Å². The summed E-state index contributed by atoms with van der Waals surface area (Å²) in [6, 6.07) is 2.61. The van der Waals surface area contributed by atoms with Crippen molar-refractivity contribution in [3.05, 3.63) is 24.0 Å². The number of carbonyl (C=O) groups excluding carboxylic acids is 2. The maximum atomic E-state index is 12.0. The highest BCUT2D eigenvalue weighted by molar-refractivity contribution is 5.81. The van der Waals surface area contributed by atoms with Crippen LogP contribution in [0.25, 0.3) is 0 Å². The van der Waals surface area contributed by atoms with E-state index in [9.17, 15) is 9.59 Å². The summed E-state index contributed by atoms with van der Waals surface area (Å²) in [6.07, 6.45) is 3.80. The first kappa shape index (κ1) is 21.0. The van der Waals surface area contributed by atoms with Crippen LogP contribution in [0.15, 0.2) is 18.3 Å². The lowest BCUT2D eigenvalue weighted by Gasteiger charge is -2.23. The number of esters is 1. The monoisotopic (exact) mass is 380 g/mol. The molecule has 0 bridgehead atoms. The number of ether oxygens (including phenoxy) is 4. The molecule has 8 heteroatoms. The van der Waals surface area contributed by atoms with E-state index in [2.05, 4.69) is 10.3 Å². The van der Waals surface area contributed by atoms with Gasteiger partial charge in [0.1, 0.15) is 17.4 Å². The summed E-state index contributed by atoms with van der Waals surface area (Å²) >= 11 is 0. The minimum atomic E-state index is -0.897. The molecule has 8 nitrogen and oxygen atoms in total. The maximum absolute atomic E-state index is 12.0. The van der Waals surface area contributed by atoms with Crippen molar-refractivity contribution in [2.75, 3.05) is 13.7 Å². The van der Waals surface area contributed by atoms with Crippen molar-refractivity contribution in [1.29, 1.82) is 0 Å². The lowest BCUT2D eigenvalue weighted by molar-refractivity contribution is -0.143. The van der Waals surface area contributed by atoms with Crippen LogP contribution >= 0.6 is 0 Å². The van der Waals surface area contributed by atoms with E-state index in [1.54, 1.807) is 39.1 Å². The first-order valence-corrected chi connectivity index (χ1v) is 9.07. The molecule has 1 amide bonds. The summed E-state index contributed by atoms with van der Waals surface area (Å²) in [7, 11) is 1.26. The van der Waals surface area contributed by atoms with Crippen LogP contribution in [0.4, 0.5) is 4.79 Å². The molecule has 1 N–H and O–H groups in total. The van der Waals surface area contributed by atoms with Crippen LogP contribution in [0.2, 0.25) is 0 Å². The fourth-order valence-electron chi connectivity index (χ4n) is 2.55. The number of alkyl carbamates (subject to hydrolysis) is 1. The number of amides is 1. The van der Waals surface area contributed by atoms with Crippen molar-refractivity contribution >= 4 is 12.1 Å². The standard InChI is InChI=1S/C19H28N2O6/c1-19(2,3)27-18(23)21-15(17(22)24-4)11-13-8-9-14(12-20-13)26-16-7-5-6-10-25-16/h8-9,12,15-16H,5-7,10-11H2,1-4H3,(H,21,23)/t15-,16?/m0/s1. The zero-order valence-corrected chi connectivity index (χ0v) is 16.3. The molecule has 0 aliphatic carbocycles. The van der Waals surface area contributed by atoms with Crippen LogP contribution < -0.4 is 10.1 Å². The maximum Gasteiger partial charge on any atom is 0.408 e. The molecular formula is C19H28N2O6.